The van der Waals surface area contributed by atoms with Crippen LogP contribution in [0.15, 0.2) is 59.5 Å². The summed E-state index contributed by atoms with van der Waals surface area (Å²) < 4.78 is 33.5. The Kier molecular flexibility index (Phi) is 5.10. The SMILES string of the molecule is NCCc1ccc(Nc2cc(S(=O)(=O)O)c(N)c3c2C(=O)c2ccccc2C3=O)cc1. The minimum atomic E-state index is -4.76. The molecule has 158 valence electrons. The number of rotatable bonds is 5. The number of nitrogen functional groups attached to an aromatic ring is 1. The first kappa shape index (κ1) is 20.7. The lowest BCUT2D eigenvalue weighted by molar-refractivity contribution is 0.0980. The first-order chi connectivity index (χ1) is 14.7. The maximum atomic E-state index is 13.2. The van der Waals surface area contributed by atoms with E-state index in [2.05, 4.69) is 5.32 Å². The van der Waals surface area contributed by atoms with Crippen molar-refractivity contribution in [2.45, 2.75) is 11.3 Å². The summed E-state index contributed by atoms with van der Waals surface area (Å²) in [6, 6.07) is 14.5. The summed E-state index contributed by atoms with van der Waals surface area (Å²) in [4.78, 5) is 25.7. The van der Waals surface area contributed by atoms with Crippen LogP contribution in [0.25, 0.3) is 0 Å². The van der Waals surface area contributed by atoms with Crippen LogP contribution in [0.5, 0.6) is 0 Å². The van der Waals surface area contributed by atoms with Crippen molar-refractivity contribution in [3.63, 3.8) is 0 Å². The molecular weight excluding hydrogens is 418 g/mol. The zero-order valence-electron chi connectivity index (χ0n) is 16.3. The van der Waals surface area contributed by atoms with E-state index in [4.69, 9.17) is 11.5 Å². The topological polar surface area (TPSA) is 153 Å². The van der Waals surface area contributed by atoms with E-state index < -0.39 is 32.3 Å². The minimum Gasteiger partial charge on any atom is -0.397 e. The van der Waals surface area contributed by atoms with Crippen LogP contribution >= 0.6 is 0 Å². The van der Waals surface area contributed by atoms with Crippen molar-refractivity contribution >= 4 is 38.7 Å². The summed E-state index contributed by atoms with van der Waals surface area (Å²) >= 11 is 0. The number of carbonyl (C=O) groups excluding carboxylic acids is 2. The second-order valence-electron chi connectivity index (χ2n) is 7.13. The molecule has 0 aromatic heterocycles. The number of carbonyl (C=O) groups is 2. The van der Waals surface area contributed by atoms with Crippen molar-refractivity contribution < 1.29 is 22.6 Å². The summed E-state index contributed by atoms with van der Waals surface area (Å²) in [5, 5.41) is 2.99. The zero-order chi connectivity index (χ0) is 22.3. The van der Waals surface area contributed by atoms with E-state index in [1.54, 1.807) is 24.3 Å². The van der Waals surface area contributed by atoms with Crippen LogP contribution in [0.4, 0.5) is 17.1 Å². The predicted molar refractivity (Wildman–Crippen MR) is 116 cm³/mol. The van der Waals surface area contributed by atoms with Gasteiger partial charge in [-0.2, -0.15) is 8.42 Å². The molecule has 0 fully saturated rings. The maximum Gasteiger partial charge on any atom is 0.296 e. The van der Waals surface area contributed by atoms with Gasteiger partial charge in [0.25, 0.3) is 10.1 Å². The lowest BCUT2D eigenvalue weighted by Gasteiger charge is -2.23. The number of hydrogen-bond acceptors (Lipinski definition) is 7. The van der Waals surface area contributed by atoms with Gasteiger partial charge in [0.15, 0.2) is 11.6 Å². The number of nitrogens with two attached hydrogens (primary N) is 2. The van der Waals surface area contributed by atoms with Gasteiger partial charge in [0.2, 0.25) is 0 Å². The molecule has 3 aromatic carbocycles. The van der Waals surface area contributed by atoms with Crippen LogP contribution in [0.2, 0.25) is 0 Å². The molecule has 0 unspecified atom stereocenters. The van der Waals surface area contributed by atoms with E-state index in [-0.39, 0.29) is 27.9 Å². The Hall–Kier alpha value is -3.53. The van der Waals surface area contributed by atoms with Crippen molar-refractivity contribution in [1.29, 1.82) is 0 Å². The molecule has 1 aliphatic carbocycles. The van der Waals surface area contributed by atoms with Crippen molar-refractivity contribution in [2.24, 2.45) is 5.73 Å². The first-order valence-corrected chi connectivity index (χ1v) is 10.8. The fraction of sp³-hybridized carbons (Fsp3) is 0.0909. The molecule has 0 radical (unpaired) electrons. The first-order valence-electron chi connectivity index (χ1n) is 9.40. The average Bonchev–Trinajstić information content (AvgIpc) is 2.73. The van der Waals surface area contributed by atoms with E-state index >= 15 is 0 Å². The van der Waals surface area contributed by atoms with E-state index in [9.17, 15) is 22.6 Å². The number of anilines is 3. The van der Waals surface area contributed by atoms with E-state index in [0.29, 0.717) is 18.7 Å². The molecule has 0 saturated carbocycles. The fourth-order valence-electron chi connectivity index (χ4n) is 3.68. The molecule has 0 spiro atoms. The summed E-state index contributed by atoms with van der Waals surface area (Å²) in [7, 11) is -4.76. The molecule has 8 nitrogen and oxygen atoms in total. The van der Waals surface area contributed by atoms with Gasteiger partial charge >= 0.3 is 0 Å². The second-order valence-corrected chi connectivity index (χ2v) is 8.52. The van der Waals surface area contributed by atoms with Crippen LogP contribution in [0, 0.1) is 0 Å². The molecule has 6 N–H and O–H groups in total. The Morgan fingerprint density at radius 1 is 0.903 bits per heavy atom. The number of fused-ring (bicyclic) bond motifs is 2. The average molecular weight is 437 g/mol. The third kappa shape index (κ3) is 3.59. The van der Waals surface area contributed by atoms with Gasteiger partial charge in [-0.05, 0) is 36.7 Å². The van der Waals surface area contributed by atoms with Crippen LogP contribution in [-0.4, -0.2) is 31.1 Å². The predicted octanol–water partition coefficient (Wildman–Crippen LogP) is 2.54. The third-order valence-electron chi connectivity index (χ3n) is 5.14. The molecule has 0 heterocycles. The normalized spacial score (nSPS) is 13.0. The summed E-state index contributed by atoms with van der Waals surface area (Å²) in [5.74, 6) is -1.06. The Balaban J connectivity index is 1.93. The maximum absolute atomic E-state index is 13.2. The highest BCUT2D eigenvalue weighted by atomic mass is 32.2. The molecule has 4 rings (SSSR count). The van der Waals surface area contributed by atoms with Crippen LogP contribution in [0.3, 0.4) is 0 Å². The highest BCUT2D eigenvalue weighted by molar-refractivity contribution is 7.86. The minimum absolute atomic E-state index is 0.0420. The second kappa shape index (κ2) is 7.62. The molecule has 0 amide bonds. The van der Waals surface area contributed by atoms with Crippen LogP contribution < -0.4 is 16.8 Å². The Labute approximate surface area is 178 Å². The molecule has 0 bridgehead atoms. The van der Waals surface area contributed by atoms with Gasteiger partial charge in [-0.15, -0.1) is 0 Å². The lowest BCUT2D eigenvalue weighted by Crippen LogP contribution is -2.25. The largest absolute Gasteiger partial charge is 0.397 e. The number of hydrogen-bond donors (Lipinski definition) is 4. The molecule has 3 aromatic rings. The van der Waals surface area contributed by atoms with Crippen molar-refractivity contribution in [1.82, 2.24) is 0 Å². The zero-order valence-corrected chi connectivity index (χ0v) is 17.1. The van der Waals surface area contributed by atoms with Crippen LogP contribution in [0.1, 0.15) is 37.4 Å². The van der Waals surface area contributed by atoms with Gasteiger partial charge in [0.05, 0.1) is 22.5 Å². The van der Waals surface area contributed by atoms with Crippen LogP contribution in [-0.2, 0) is 16.5 Å². The third-order valence-corrected chi connectivity index (χ3v) is 6.04. The van der Waals surface area contributed by atoms with Gasteiger partial charge in [-0.25, -0.2) is 0 Å². The van der Waals surface area contributed by atoms with Crippen molar-refractivity contribution in [3.8, 4) is 0 Å². The van der Waals surface area contributed by atoms with Gasteiger partial charge in [0.1, 0.15) is 4.90 Å². The molecular formula is C22H19N3O5S. The van der Waals surface area contributed by atoms with Gasteiger partial charge < -0.3 is 16.8 Å². The standard InChI is InChI=1S/C22H19N3O5S/c23-10-9-12-5-7-13(8-6-12)25-16-11-17(31(28,29)30)20(24)19-18(16)21(26)14-3-1-2-4-15(14)22(19)27/h1-8,11,25H,9-10,23-24H2,(H,28,29,30). The summed E-state index contributed by atoms with van der Waals surface area (Å²) in [6.45, 7) is 0.492. The van der Waals surface area contributed by atoms with E-state index in [1.165, 1.54) is 12.1 Å². The number of ketones is 2. The molecule has 0 saturated heterocycles. The smallest absolute Gasteiger partial charge is 0.296 e. The highest BCUT2D eigenvalue weighted by Crippen LogP contribution is 2.40. The van der Waals surface area contributed by atoms with Gasteiger partial charge in [0, 0.05) is 16.8 Å². The van der Waals surface area contributed by atoms with E-state index in [1.807, 2.05) is 12.1 Å². The quantitative estimate of drug-likeness (QED) is 0.274. The molecule has 9 heteroatoms. The van der Waals surface area contributed by atoms with Gasteiger partial charge in [-0.3, -0.25) is 14.1 Å². The Morgan fingerprint density at radius 3 is 2.03 bits per heavy atom. The monoisotopic (exact) mass is 437 g/mol. The van der Waals surface area contributed by atoms with E-state index in [0.717, 1.165) is 11.6 Å². The lowest BCUT2D eigenvalue weighted by atomic mass is 9.82. The molecule has 0 atom stereocenters. The Morgan fingerprint density at radius 2 is 1.48 bits per heavy atom. The number of nitrogens with one attached hydrogen (secondary N) is 1. The summed E-state index contributed by atoms with van der Waals surface area (Å²) in [6.07, 6.45) is 0.689. The van der Waals surface area contributed by atoms with Crippen molar-refractivity contribution in [2.75, 3.05) is 17.6 Å². The van der Waals surface area contributed by atoms with Crippen molar-refractivity contribution in [3.05, 3.63) is 82.4 Å². The number of benzene rings is 3. The fourth-order valence-corrected chi connectivity index (χ4v) is 4.33. The van der Waals surface area contributed by atoms with Gasteiger partial charge in [-0.1, -0.05) is 36.4 Å². The highest BCUT2D eigenvalue weighted by Gasteiger charge is 2.36. The molecule has 1 aliphatic rings. The Bertz CT molecular complexity index is 1330. The molecule has 31 heavy (non-hydrogen) atoms. The molecule has 0 aliphatic heterocycles. The summed E-state index contributed by atoms with van der Waals surface area (Å²) in [5.41, 5.74) is 12.7.